The van der Waals surface area contributed by atoms with Gasteiger partial charge in [-0.25, -0.2) is 4.68 Å². The van der Waals surface area contributed by atoms with Gasteiger partial charge in [-0.1, -0.05) is 51.4 Å². The lowest BCUT2D eigenvalue weighted by molar-refractivity contribution is 0.122. The van der Waals surface area contributed by atoms with Crippen molar-refractivity contribution in [3.8, 4) is 0 Å². The number of unbranched alkanes of at least 4 members (excludes halogenated alkanes) is 9. The van der Waals surface area contributed by atoms with Gasteiger partial charge < -0.3 is 24.7 Å². The first-order valence-corrected chi connectivity index (χ1v) is 11.6. The van der Waals surface area contributed by atoms with Gasteiger partial charge in [-0.2, -0.15) is 4.98 Å². The molecule has 0 aliphatic rings. The second-order valence-electron chi connectivity index (χ2n) is 6.63. The van der Waals surface area contributed by atoms with E-state index in [1.54, 1.807) is 26.0 Å². The maximum atomic E-state index is 5.71. The quantitative estimate of drug-likeness (QED) is 0.331. The van der Waals surface area contributed by atoms with Crippen molar-refractivity contribution in [1.82, 2.24) is 14.8 Å². The Balaban J connectivity index is 1.90. The van der Waals surface area contributed by atoms with Crippen LogP contribution in [0.1, 0.15) is 64.2 Å². The molecule has 4 N–H and O–H groups in total. The molecule has 1 aromatic heterocycles. The van der Waals surface area contributed by atoms with Crippen molar-refractivity contribution in [3.05, 3.63) is 0 Å². The second kappa shape index (κ2) is 13.1. The van der Waals surface area contributed by atoms with E-state index in [4.69, 9.17) is 24.7 Å². The fourth-order valence-electron chi connectivity index (χ4n) is 3.11. The summed E-state index contributed by atoms with van der Waals surface area (Å²) < 4.78 is 18.0. The molecule has 1 rings (SSSR count). The predicted octanol–water partition coefficient (Wildman–Crippen LogP) is 3.22. The average Bonchev–Trinajstić information content (AvgIpc) is 2.97. The Morgan fingerprint density at radius 1 is 0.769 bits per heavy atom. The van der Waals surface area contributed by atoms with Gasteiger partial charge in [0.2, 0.25) is 11.9 Å². The molecule has 0 aromatic carbocycles. The molecule has 0 unspecified atom stereocenters. The summed E-state index contributed by atoms with van der Waals surface area (Å²) in [4.78, 5) is 3.90. The fourth-order valence-corrected chi connectivity index (χ4v) is 4.91. The van der Waals surface area contributed by atoms with Gasteiger partial charge in [-0.3, -0.25) is 0 Å². The summed E-state index contributed by atoms with van der Waals surface area (Å²) in [6, 6.07) is 0.901. The zero-order valence-electron chi connectivity index (χ0n) is 16.7. The minimum absolute atomic E-state index is 0.252. The minimum atomic E-state index is -2.36. The van der Waals surface area contributed by atoms with Crippen LogP contribution >= 0.6 is 0 Å². The number of hydrogen-bond donors (Lipinski definition) is 2. The van der Waals surface area contributed by atoms with Crippen molar-refractivity contribution in [2.24, 2.45) is 0 Å². The molecule has 0 fully saturated rings. The smallest absolute Gasteiger partial charge is 0.377 e. The Morgan fingerprint density at radius 2 is 1.23 bits per heavy atom. The van der Waals surface area contributed by atoms with Crippen LogP contribution in [0.3, 0.4) is 0 Å². The lowest BCUT2D eigenvalue weighted by Gasteiger charge is -2.24. The highest BCUT2D eigenvalue weighted by atomic mass is 28.4. The number of aromatic nitrogens is 3. The molecule has 26 heavy (non-hydrogen) atoms. The van der Waals surface area contributed by atoms with Gasteiger partial charge >= 0.3 is 8.80 Å². The molecule has 0 atom stereocenters. The normalized spacial score (nSPS) is 12.0. The monoisotopic (exact) mass is 387 g/mol. The topological polar surface area (TPSA) is 110 Å². The van der Waals surface area contributed by atoms with E-state index < -0.39 is 8.80 Å². The van der Waals surface area contributed by atoms with E-state index in [0.717, 1.165) is 25.4 Å². The van der Waals surface area contributed by atoms with Crippen molar-refractivity contribution >= 4 is 20.7 Å². The molecule has 152 valence electrons. The first kappa shape index (κ1) is 22.9. The fraction of sp³-hybridized carbons (Fsp3) is 0.882. The molecule has 0 spiro atoms. The van der Waals surface area contributed by atoms with Gasteiger partial charge in [-0.15, -0.1) is 5.10 Å². The summed E-state index contributed by atoms with van der Waals surface area (Å²) in [5.74, 6) is 0.658. The Bertz CT molecular complexity index is 475. The van der Waals surface area contributed by atoms with Crippen LogP contribution in [-0.2, 0) is 19.8 Å². The number of nitrogens with two attached hydrogens (primary N) is 2. The number of nitrogen functional groups attached to an aromatic ring is 2. The van der Waals surface area contributed by atoms with Gasteiger partial charge in [0, 0.05) is 33.9 Å². The molecule has 8 nitrogen and oxygen atoms in total. The van der Waals surface area contributed by atoms with E-state index in [1.165, 1.54) is 51.4 Å². The predicted molar refractivity (Wildman–Crippen MR) is 107 cm³/mol. The molecule has 0 bridgehead atoms. The zero-order chi connectivity index (χ0) is 19.3. The maximum Gasteiger partial charge on any atom is 0.500 e. The van der Waals surface area contributed by atoms with Gasteiger partial charge in [0.05, 0.1) is 0 Å². The van der Waals surface area contributed by atoms with E-state index in [1.807, 2.05) is 0 Å². The van der Waals surface area contributed by atoms with Crippen molar-refractivity contribution in [2.75, 3.05) is 32.8 Å². The van der Waals surface area contributed by atoms with E-state index in [2.05, 4.69) is 10.1 Å². The van der Waals surface area contributed by atoms with Gasteiger partial charge in [0.25, 0.3) is 0 Å². The number of rotatable bonds is 16. The third kappa shape index (κ3) is 8.48. The molecule has 0 aliphatic carbocycles. The van der Waals surface area contributed by atoms with E-state index in [0.29, 0.717) is 5.95 Å². The van der Waals surface area contributed by atoms with Gasteiger partial charge in [0.15, 0.2) is 0 Å². The molecule has 0 radical (unpaired) electrons. The largest absolute Gasteiger partial charge is 0.500 e. The SMILES string of the molecule is CO[Si](CCCCCCCCCCCCn1nc(N)nc1N)(OC)OC. The lowest BCUT2D eigenvalue weighted by Crippen LogP contribution is -2.42. The highest BCUT2D eigenvalue weighted by molar-refractivity contribution is 6.60. The molecule has 0 aliphatic heterocycles. The number of nitrogens with zero attached hydrogens (tertiary/aromatic N) is 3. The van der Waals surface area contributed by atoms with Crippen LogP contribution in [0.15, 0.2) is 0 Å². The Kier molecular flexibility index (Phi) is 11.5. The lowest BCUT2D eigenvalue weighted by atomic mass is 10.1. The highest BCUT2D eigenvalue weighted by Crippen LogP contribution is 2.18. The number of aryl methyl sites for hydroxylation is 1. The molecule has 1 aromatic rings. The van der Waals surface area contributed by atoms with Gasteiger partial charge in [-0.05, 0) is 12.8 Å². The van der Waals surface area contributed by atoms with Crippen molar-refractivity contribution in [2.45, 2.75) is 76.8 Å². The van der Waals surface area contributed by atoms with Crippen LogP contribution in [0.5, 0.6) is 0 Å². The average molecular weight is 388 g/mol. The molecule has 9 heteroatoms. The number of hydrogen-bond acceptors (Lipinski definition) is 7. The van der Waals surface area contributed by atoms with Crippen LogP contribution in [0.2, 0.25) is 6.04 Å². The Morgan fingerprint density at radius 3 is 1.65 bits per heavy atom. The van der Waals surface area contributed by atoms with E-state index >= 15 is 0 Å². The Hall–Kier alpha value is -1.16. The summed E-state index contributed by atoms with van der Waals surface area (Å²) in [6.07, 6.45) is 12.3. The van der Waals surface area contributed by atoms with Crippen LogP contribution in [-0.4, -0.2) is 44.9 Å². The van der Waals surface area contributed by atoms with Crippen LogP contribution < -0.4 is 11.5 Å². The summed E-state index contributed by atoms with van der Waals surface area (Å²) in [7, 11) is 2.67. The second-order valence-corrected chi connectivity index (χ2v) is 9.72. The molecule has 1 heterocycles. The summed E-state index contributed by atoms with van der Waals surface area (Å²) >= 11 is 0. The standard InChI is InChI=1S/C17H37N5O3Si/c1-23-26(24-2,25-3)15-13-11-9-7-5-4-6-8-10-12-14-22-17(19)20-16(18)21-22/h4-15H2,1-3H3,(H4,18,19,20,21). The first-order valence-electron chi connectivity index (χ1n) is 9.68. The molecular formula is C17H37N5O3Si. The van der Waals surface area contributed by atoms with Crippen molar-refractivity contribution in [1.29, 1.82) is 0 Å². The van der Waals surface area contributed by atoms with E-state index in [-0.39, 0.29) is 5.95 Å². The van der Waals surface area contributed by atoms with Crippen molar-refractivity contribution < 1.29 is 13.3 Å². The third-order valence-electron chi connectivity index (χ3n) is 4.75. The van der Waals surface area contributed by atoms with Crippen LogP contribution in [0, 0.1) is 0 Å². The molecule has 0 saturated heterocycles. The maximum absolute atomic E-state index is 5.71. The molecule has 0 amide bonds. The third-order valence-corrected chi connectivity index (χ3v) is 7.58. The summed E-state index contributed by atoms with van der Waals surface area (Å²) in [5, 5.41) is 4.06. The summed E-state index contributed by atoms with van der Waals surface area (Å²) in [6.45, 7) is 0.797. The molecule has 0 saturated carbocycles. The van der Waals surface area contributed by atoms with E-state index in [9.17, 15) is 0 Å². The molecular weight excluding hydrogens is 350 g/mol. The summed E-state index contributed by atoms with van der Waals surface area (Å²) in [5.41, 5.74) is 11.2. The Labute approximate surface area is 159 Å². The first-order chi connectivity index (χ1) is 12.6. The minimum Gasteiger partial charge on any atom is -0.377 e. The zero-order valence-corrected chi connectivity index (χ0v) is 17.7. The van der Waals surface area contributed by atoms with Gasteiger partial charge in [0.1, 0.15) is 0 Å². The van der Waals surface area contributed by atoms with Crippen LogP contribution in [0.25, 0.3) is 0 Å². The van der Waals surface area contributed by atoms with Crippen molar-refractivity contribution in [3.63, 3.8) is 0 Å². The van der Waals surface area contributed by atoms with Crippen LogP contribution in [0.4, 0.5) is 11.9 Å². The highest BCUT2D eigenvalue weighted by Gasteiger charge is 2.36. The number of anilines is 2.